The van der Waals surface area contributed by atoms with Crippen molar-refractivity contribution in [1.29, 1.82) is 0 Å². The smallest absolute Gasteiger partial charge is 0.251 e. The molecular formula is C30H35N5O3. The fraction of sp³-hybridized carbons (Fsp3) is 0.333. The van der Waals surface area contributed by atoms with Crippen molar-refractivity contribution in [3.05, 3.63) is 83.6 Å². The second kappa shape index (κ2) is 11.6. The Kier molecular flexibility index (Phi) is 8.22. The largest absolute Gasteiger partial charge is 0.352 e. The number of carbonyl (C=O) groups excluding carboxylic acids is 3. The van der Waals surface area contributed by atoms with E-state index < -0.39 is 11.6 Å². The molecule has 0 spiro atoms. The fourth-order valence-corrected chi connectivity index (χ4v) is 4.69. The predicted octanol–water partition coefficient (Wildman–Crippen LogP) is 3.59. The van der Waals surface area contributed by atoms with Gasteiger partial charge in [-0.2, -0.15) is 0 Å². The van der Waals surface area contributed by atoms with Gasteiger partial charge in [-0.3, -0.25) is 19.3 Å². The molecule has 198 valence electrons. The minimum atomic E-state index is -0.667. The molecule has 1 atom stereocenters. The van der Waals surface area contributed by atoms with Gasteiger partial charge in [-0.1, -0.05) is 48.5 Å². The maximum absolute atomic E-state index is 13.7. The lowest BCUT2D eigenvalue weighted by molar-refractivity contribution is -0.128. The summed E-state index contributed by atoms with van der Waals surface area (Å²) in [6.45, 7) is 6.31. The summed E-state index contributed by atoms with van der Waals surface area (Å²) in [5, 5.41) is 5.76. The van der Waals surface area contributed by atoms with Crippen LogP contribution < -0.4 is 21.3 Å². The highest BCUT2D eigenvalue weighted by molar-refractivity contribution is 6.01. The molecule has 4 N–H and O–H groups in total. The van der Waals surface area contributed by atoms with Gasteiger partial charge in [0.2, 0.25) is 5.91 Å². The highest BCUT2D eigenvalue weighted by Gasteiger charge is 2.33. The molecule has 8 heteroatoms. The van der Waals surface area contributed by atoms with E-state index in [4.69, 9.17) is 5.73 Å². The van der Waals surface area contributed by atoms with Gasteiger partial charge in [-0.15, -0.1) is 0 Å². The number of hydrogen-bond donors (Lipinski definition) is 3. The molecule has 1 unspecified atom stereocenters. The van der Waals surface area contributed by atoms with Crippen molar-refractivity contribution in [3.8, 4) is 11.1 Å². The molecule has 2 aromatic carbocycles. The van der Waals surface area contributed by atoms with E-state index in [1.54, 1.807) is 24.9 Å². The van der Waals surface area contributed by atoms with Crippen molar-refractivity contribution >= 4 is 23.5 Å². The Morgan fingerprint density at radius 3 is 2.53 bits per heavy atom. The molecule has 3 amide bonds. The molecule has 1 aliphatic rings. The van der Waals surface area contributed by atoms with Gasteiger partial charge in [-0.05, 0) is 68.0 Å². The molecule has 0 saturated heterocycles. The number of hydrogen-bond acceptors (Lipinski definition) is 5. The van der Waals surface area contributed by atoms with Crippen LogP contribution in [0, 0.1) is 0 Å². The molecule has 0 bridgehead atoms. The van der Waals surface area contributed by atoms with Crippen LogP contribution >= 0.6 is 0 Å². The number of carbonyl (C=O) groups is 3. The summed E-state index contributed by atoms with van der Waals surface area (Å²) in [6.07, 6.45) is 2.91. The van der Waals surface area contributed by atoms with Gasteiger partial charge in [0.15, 0.2) is 0 Å². The molecule has 1 aliphatic heterocycles. The molecule has 38 heavy (non-hydrogen) atoms. The summed E-state index contributed by atoms with van der Waals surface area (Å²) in [5.74, 6) is 0.0522. The standard InChI is InChI=1S/C30H35N5O3/c1-4-32-28(37)24-10-6-5-9-23(24)21-13-11-20(12-14-21)19-35-27-22(8-7-17-33-27)15-16-25(29(35)38)34-26(36)18-30(2,3)31/h5-14,17,25H,4,15-16,18-19,31H2,1-3H3,(H,32,37)(H,34,36). The van der Waals surface area contributed by atoms with Crippen molar-refractivity contribution in [2.75, 3.05) is 11.4 Å². The van der Waals surface area contributed by atoms with E-state index in [2.05, 4.69) is 15.6 Å². The summed E-state index contributed by atoms with van der Waals surface area (Å²) < 4.78 is 0. The highest BCUT2D eigenvalue weighted by Crippen LogP contribution is 2.28. The van der Waals surface area contributed by atoms with E-state index in [0.29, 0.717) is 37.3 Å². The maximum atomic E-state index is 13.7. The Hall–Kier alpha value is -4.04. The average molecular weight is 514 g/mol. The lowest BCUT2D eigenvalue weighted by Gasteiger charge is -2.26. The topological polar surface area (TPSA) is 117 Å². The second-order valence-corrected chi connectivity index (χ2v) is 10.3. The molecule has 0 radical (unpaired) electrons. The van der Waals surface area contributed by atoms with E-state index in [-0.39, 0.29) is 24.1 Å². The van der Waals surface area contributed by atoms with Crippen molar-refractivity contribution in [2.45, 2.75) is 58.2 Å². The first-order valence-corrected chi connectivity index (χ1v) is 13.0. The molecule has 0 aliphatic carbocycles. The third-order valence-electron chi connectivity index (χ3n) is 6.46. The molecular weight excluding hydrogens is 478 g/mol. The average Bonchev–Trinajstić information content (AvgIpc) is 3.01. The number of rotatable bonds is 8. The van der Waals surface area contributed by atoms with Crippen molar-refractivity contribution in [2.24, 2.45) is 5.73 Å². The number of aromatic nitrogens is 1. The van der Waals surface area contributed by atoms with E-state index in [0.717, 1.165) is 22.3 Å². The molecule has 8 nitrogen and oxygen atoms in total. The molecule has 4 rings (SSSR count). The Balaban J connectivity index is 1.59. The van der Waals surface area contributed by atoms with Crippen LogP contribution in [-0.2, 0) is 22.6 Å². The normalized spacial score (nSPS) is 15.4. The van der Waals surface area contributed by atoms with Gasteiger partial charge < -0.3 is 16.4 Å². The van der Waals surface area contributed by atoms with E-state index >= 15 is 0 Å². The number of pyridine rings is 1. The minimum Gasteiger partial charge on any atom is -0.352 e. The Morgan fingerprint density at radius 2 is 1.82 bits per heavy atom. The number of benzene rings is 2. The van der Waals surface area contributed by atoms with Crippen LogP contribution in [0.3, 0.4) is 0 Å². The molecule has 1 aromatic heterocycles. The summed E-state index contributed by atoms with van der Waals surface area (Å²) >= 11 is 0. The van der Waals surface area contributed by atoms with Crippen LogP contribution in [0.25, 0.3) is 11.1 Å². The van der Waals surface area contributed by atoms with Crippen molar-refractivity contribution in [3.63, 3.8) is 0 Å². The van der Waals surface area contributed by atoms with Gasteiger partial charge in [0, 0.05) is 30.3 Å². The van der Waals surface area contributed by atoms with Crippen molar-refractivity contribution in [1.82, 2.24) is 15.6 Å². The number of amides is 3. The molecule has 3 aromatic rings. The van der Waals surface area contributed by atoms with E-state index in [9.17, 15) is 14.4 Å². The number of aryl methyl sites for hydroxylation is 1. The number of nitrogens with one attached hydrogen (secondary N) is 2. The Bertz CT molecular complexity index is 1310. The molecule has 0 fully saturated rings. The lowest BCUT2D eigenvalue weighted by Crippen LogP contribution is -2.50. The van der Waals surface area contributed by atoms with E-state index in [1.807, 2.05) is 67.6 Å². The number of nitrogens with two attached hydrogens (primary N) is 1. The number of fused-ring (bicyclic) bond motifs is 1. The van der Waals surface area contributed by atoms with Crippen molar-refractivity contribution < 1.29 is 14.4 Å². The number of nitrogens with zero attached hydrogens (tertiary/aromatic N) is 2. The van der Waals surface area contributed by atoms with Crippen LogP contribution in [0.2, 0.25) is 0 Å². The van der Waals surface area contributed by atoms with Gasteiger partial charge in [0.05, 0.1) is 6.54 Å². The first-order chi connectivity index (χ1) is 18.2. The second-order valence-electron chi connectivity index (χ2n) is 10.3. The summed E-state index contributed by atoms with van der Waals surface area (Å²) in [6, 6.07) is 18.5. The van der Waals surface area contributed by atoms with Gasteiger partial charge in [0.25, 0.3) is 11.8 Å². The van der Waals surface area contributed by atoms with Gasteiger partial charge in [-0.25, -0.2) is 4.98 Å². The zero-order valence-corrected chi connectivity index (χ0v) is 22.2. The Morgan fingerprint density at radius 1 is 1.08 bits per heavy atom. The minimum absolute atomic E-state index is 0.115. The Labute approximate surface area is 223 Å². The summed E-state index contributed by atoms with van der Waals surface area (Å²) in [5.41, 5.74) is 9.58. The van der Waals surface area contributed by atoms with E-state index in [1.165, 1.54) is 0 Å². The lowest BCUT2D eigenvalue weighted by atomic mass is 9.98. The first kappa shape index (κ1) is 27.0. The van der Waals surface area contributed by atoms with Gasteiger partial charge in [0.1, 0.15) is 11.9 Å². The zero-order valence-electron chi connectivity index (χ0n) is 22.2. The zero-order chi connectivity index (χ0) is 27.3. The fourth-order valence-electron chi connectivity index (χ4n) is 4.69. The monoisotopic (exact) mass is 513 g/mol. The van der Waals surface area contributed by atoms with Crippen LogP contribution in [0.15, 0.2) is 66.9 Å². The van der Waals surface area contributed by atoms with Crippen LogP contribution in [-0.4, -0.2) is 40.8 Å². The quantitative estimate of drug-likeness (QED) is 0.426. The third kappa shape index (κ3) is 6.44. The van der Waals surface area contributed by atoms with Crippen LogP contribution in [0.1, 0.15) is 55.1 Å². The van der Waals surface area contributed by atoms with Gasteiger partial charge >= 0.3 is 0 Å². The number of anilines is 1. The highest BCUT2D eigenvalue weighted by atomic mass is 16.2. The first-order valence-electron chi connectivity index (χ1n) is 13.0. The predicted molar refractivity (Wildman–Crippen MR) is 148 cm³/mol. The van der Waals surface area contributed by atoms with Crippen LogP contribution in [0.5, 0.6) is 0 Å². The molecule has 0 saturated carbocycles. The third-order valence-corrected chi connectivity index (χ3v) is 6.46. The summed E-state index contributed by atoms with van der Waals surface area (Å²) in [7, 11) is 0. The SMILES string of the molecule is CCNC(=O)c1ccccc1-c1ccc(CN2C(=O)C(NC(=O)CC(C)(C)N)CCc3cccnc32)cc1. The summed E-state index contributed by atoms with van der Waals surface area (Å²) in [4.78, 5) is 45.0. The molecule has 2 heterocycles. The maximum Gasteiger partial charge on any atom is 0.251 e. The van der Waals surface area contributed by atoms with Crippen LogP contribution in [0.4, 0.5) is 5.82 Å².